The molecule has 0 saturated carbocycles. The first-order valence-electron chi connectivity index (χ1n) is 6.20. The molecule has 1 fully saturated rings. The first kappa shape index (κ1) is 11.7. The minimum atomic E-state index is 0.449. The van der Waals surface area contributed by atoms with E-state index in [-0.39, 0.29) is 0 Å². The van der Waals surface area contributed by atoms with Crippen LogP contribution in [0.4, 0.5) is 5.82 Å². The summed E-state index contributed by atoms with van der Waals surface area (Å²) in [6.07, 6.45) is 4.25. The molecule has 1 aliphatic heterocycles. The highest BCUT2D eigenvalue weighted by Crippen LogP contribution is 2.28. The van der Waals surface area contributed by atoms with Gasteiger partial charge in [-0.05, 0) is 25.5 Å². The van der Waals surface area contributed by atoms with Crippen molar-refractivity contribution in [2.75, 3.05) is 25.0 Å². The number of likely N-dealkylation sites (N-methyl/N-ethyl adjacent to an activating group) is 1. The minimum Gasteiger partial charge on any atom is -0.358 e. The Balaban J connectivity index is 1.98. The molecule has 0 unspecified atom stereocenters. The zero-order valence-electron chi connectivity index (χ0n) is 10.3. The summed E-state index contributed by atoms with van der Waals surface area (Å²) in [4.78, 5) is 5.39. The fourth-order valence-electron chi connectivity index (χ4n) is 2.51. The second kappa shape index (κ2) is 4.74. The van der Waals surface area contributed by atoms with Crippen molar-refractivity contribution in [2.24, 2.45) is 0 Å². The van der Waals surface area contributed by atoms with Gasteiger partial charge in [0.1, 0.15) is 0 Å². The molecule has 18 heavy (non-hydrogen) atoms. The molecule has 1 aliphatic rings. The van der Waals surface area contributed by atoms with E-state index >= 15 is 0 Å². The topological polar surface area (TPSA) is 56.8 Å². The molecule has 0 bridgehead atoms. The van der Waals surface area contributed by atoms with Gasteiger partial charge < -0.3 is 15.2 Å². The van der Waals surface area contributed by atoms with Crippen LogP contribution in [0.25, 0.3) is 10.9 Å². The van der Waals surface area contributed by atoms with Gasteiger partial charge in [-0.15, -0.1) is 10.2 Å². The van der Waals surface area contributed by atoms with Crippen LogP contribution in [-0.2, 0) is 0 Å². The highest BCUT2D eigenvalue weighted by Gasteiger charge is 2.21. The van der Waals surface area contributed by atoms with E-state index in [1.807, 2.05) is 12.3 Å². The molecule has 0 radical (unpaired) electrons. The molecule has 0 spiro atoms. The molecule has 2 aromatic heterocycles. The summed E-state index contributed by atoms with van der Waals surface area (Å²) >= 11 is 6.04. The lowest BCUT2D eigenvalue weighted by Gasteiger charge is -2.32. The molecule has 6 heteroatoms. The van der Waals surface area contributed by atoms with Crippen molar-refractivity contribution in [3.05, 3.63) is 17.4 Å². The Labute approximate surface area is 111 Å². The Morgan fingerprint density at radius 2 is 2.33 bits per heavy atom. The van der Waals surface area contributed by atoms with Crippen LogP contribution >= 0.6 is 11.6 Å². The lowest BCUT2D eigenvalue weighted by molar-refractivity contribution is 0.443. The van der Waals surface area contributed by atoms with Gasteiger partial charge in [0.25, 0.3) is 0 Å². The maximum Gasteiger partial charge on any atom is 0.175 e. The fraction of sp³-hybridized carbons (Fsp3) is 0.500. The predicted molar refractivity (Wildman–Crippen MR) is 73.2 cm³/mol. The number of halogens is 1. The zero-order chi connectivity index (χ0) is 12.5. The number of H-pyrrole nitrogens is 1. The maximum atomic E-state index is 6.04. The third-order valence-corrected chi connectivity index (χ3v) is 3.86. The van der Waals surface area contributed by atoms with Gasteiger partial charge in [0.05, 0.1) is 5.52 Å². The van der Waals surface area contributed by atoms with Crippen molar-refractivity contribution in [3.8, 4) is 0 Å². The van der Waals surface area contributed by atoms with Crippen LogP contribution in [0.2, 0.25) is 5.15 Å². The van der Waals surface area contributed by atoms with Crippen molar-refractivity contribution in [2.45, 2.75) is 18.9 Å². The molecule has 5 nitrogen and oxygen atoms in total. The highest BCUT2D eigenvalue weighted by molar-refractivity contribution is 6.34. The number of nitrogens with one attached hydrogen (secondary N) is 2. The van der Waals surface area contributed by atoms with Crippen LogP contribution in [0.1, 0.15) is 12.8 Å². The smallest absolute Gasteiger partial charge is 0.175 e. The Kier molecular flexibility index (Phi) is 3.09. The first-order chi connectivity index (χ1) is 8.77. The van der Waals surface area contributed by atoms with E-state index in [1.165, 1.54) is 12.8 Å². The van der Waals surface area contributed by atoms with Crippen molar-refractivity contribution < 1.29 is 0 Å². The summed E-state index contributed by atoms with van der Waals surface area (Å²) in [5, 5.41) is 13.1. The summed E-state index contributed by atoms with van der Waals surface area (Å²) in [6, 6.07) is 2.39. The number of anilines is 1. The van der Waals surface area contributed by atoms with Crippen LogP contribution < -0.4 is 10.2 Å². The zero-order valence-corrected chi connectivity index (χ0v) is 11.0. The Hall–Kier alpha value is -1.33. The largest absolute Gasteiger partial charge is 0.358 e. The number of aromatic nitrogens is 3. The van der Waals surface area contributed by atoms with Gasteiger partial charge in [0.2, 0.25) is 0 Å². The van der Waals surface area contributed by atoms with Crippen LogP contribution in [0.5, 0.6) is 0 Å². The minimum absolute atomic E-state index is 0.449. The first-order valence-corrected chi connectivity index (χ1v) is 6.58. The lowest BCUT2D eigenvalue weighted by atomic mass is 10.1. The van der Waals surface area contributed by atoms with Crippen molar-refractivity contribution in [3.63, 3.8) is 0 Å². The summed E-state index contributed by atoms with van der Waals surface area (Å²) in [6.45, 7) is 2.09. The maximum absolute atomic E-state index is 6.04. The van der Waals surface area contributed by atoms with Gasteiger partial charge in [-0.2, -0.15) is 0 Å². The van der Waals surface area contributed by atoms with E-state index in [9.17, 15) is 0 Å². The van der Waals surface area contributed by atoms with Gasteiger partial charge >= 0.3 is 0 Å². The normalized spacial score (nSPS) is 20.2. The quantitative estimate of drug-likeness (QED) is 0.869. The summed E-state index contributed by atoms with van der Waals surface area (Å²) in [5.74, 6) is 0.869. The van der Waals surface area contributed by atoms with Crippen molar-refractivity contribution in [1.29, 1.82) is 0 Å². The number of aromatic amines is 1. The molecular formula is C12H16ClN5. The average molecular weight is 266 g/mol. The monoisotopic (exact) mass is 265 g/mol. The number of rotatable bonds is 2. The average Bonchev–Trinajstić information content (AvgIpc) is 2.90. The molecule has 0 amide bonds. The standard InChI is InChI=1S/C12H16ClN5/c1-18(8-3-2-5-14-7-8)12-10-9(4-6-15-10)11(13)16-17-12/h4,6,8,14-15H,2-3,5,7H2,1H3/t8-/m1/s1. The van der Waals surface area contributed by atoms with Gasteiger partial charge in [0.15, 0.2) is 11.0 Å². The van der Waals surface area contributed by atoms with E-state index in [2.05, 4.69) is 32.4 Å². The molecule has 1 saturated heterocycles. The van der Waals surface area contributed by atoms with Crippen LogP contribution in [0.15, 0.2) is 12.3 Å². The highest BCUT2D eigenvalue weighted by atomic mass is 35.5. The molecule has 0 aliphatic carbocycles. The molecule has 0 aromatic carbocycles. The van der Waals surface area contributed by atoms with Crippen molar-refractivity contribution in [1.82, 2.24) is 20.5 Å². The summed E-state index contributed by atoms with van der Waals surface area (Å²) in [7, 11) is 2.07. The van der Waals surface area contributed by atoms with Gasteiger partial charge in [-0.1, -0.05) is 11.6 Å². The summed E-state index contributed by atoms with van der Waals surface area (Å²) in [5.41, 5.74) is 0.961. The third kappa shape index (κ3) is 1.93. The van der Waals surface area contributed by atoms with Crippen LogP contribution in [0, 0.1) is 0 Å². The van der Waals surface area contributed by atoms with Crippen molar-refractivity contribution >= 4 is 28.3 Å². The van der Waals surface area contributed by atoms with Gasteiger partial charge in [0, 0.05) is 31.2 Å². The van der Waals surface area contributed by atoms with E-state index in [4.69, 9.17) is 11.6 Å². The third-order valence-electron chi connectivity index (χ3n) is 3.58. The Morgan fingerprint density at radius 1 is 1.44 bits per heavy atom. The second-order valence-electron chi connectivity index (χ2n) is 4.69. The SMILES string of the molecule is CN(c1nnc(Cl)c2cc[nH]c12)[C@@H]1CCCNC1. The van der Waals surface area contributed by atoms with Gasteiger partial charge in [-0.3, -0.25) is 0 Å². The Morgan fingerprint density at radius 3 is 3.11 bits per heavy atom. The number of hydrogen-bond acceptors (Lipinski definition) is 4. The molecule has 3 rings (SSSR count). The van der Waals surface area contributed by atoms with Gasteiger partial charge in [-0.25, -0.2) is 0 Å². The second-order valence-corrected chi connectivity index (χ2v) is 5.05. The number of piperidine rings is 1. The predicted octanol–water partition coefficient (Wildman–Crippen LogP) is 1.80. The Bertz CT molecular complexity index is 546. The molecular weight excluding hydrogens is 250 g/mol. The summed E-state index contributed by atoms with van der Waals surface area (Å²) < 4.78 is 0. The number of fused-ring (bicyclic) bond motifs is 1. The lowest BCUT2D eigenvalue weighted by Crippen LogP contribution is -2.44. The molecule has 3 heterocycles. The molecule has 2 N–H and O–H groups in total. The fourth-order valence-corrected chi connectivity index (χ4v) is 2.70. The number of nitrogens with zero attached hydrogens (tertiary/aromatic N) is 3. The van der Waals surface area contributed by atoms with E-state index in [1.54, 1.807) is 0 Å². The van der Waals surface area contributed by atoms with Crippen LogP contribution in [-0.4, -0.2) is 41.4 Å². The van der Waals surface area contributed by atoms with E-state index < -0.39 is 0 Å². The molecule has 96 valence electrons. The van der Waals surface area contributed by atoms with Crippen LogP contribution in [0.3, 0.4) is 0 Å². The molecule has 1 atom stereocenters. The van der Waals surface area contributed by atoms with E-state index in [0.29, 0.717) is 11.2 Å². The van der Waals surface area contributed by atoms with E-state index in [0.717, 1.165) is 29.8 Å². The molecule has 2 aromatic rings. The number of hydrogen-bond donors (Lipinski definition) is 2.